The third kappa shape index (κ3) is 6.52. The van der Waals surface area contributed by atoms with Gasteiger partial charge in [-0.15, -0.1) is 0 Å². The van der Waals surface area contributed by atoms with Crippen molar-refractivity contribution >= 4 is 31.4 Å². The molecule has 0 bridgehead atoms. The Morgan fingerprint density at radius 3 is 1.84 bits per heavy atom. The van der Waals surface area contributed by atoms with Gasteiger partial charge in [0.1, 0.15) is 0 Å². The van der Waals surface area contributed by atoms with Crippen LogP contribution in [0.5, 0.6) is 0 Å². The minimum Gasteiger partial charge on any atom is -0.344 e. The fraction of sp³-hybridized carbons (Fsp3) is 0.143. The Kier molecular flexibility index (Phi) is 7.48. The van der Waals surface area contributed by atoms with Crippen LogP contribution < -0.4 is 20.5 Å². The van der Waals surface area contributed by atoms with Crippen molar-refractivity contribution in [2.45, 2.75) is 22.7 Å². The maximum Gasteiger partial charge on any atom is 0.240 e. The molecule has 32 heavy (non-hydrogen) atoms. The lowest BCUT2D eigenvalue weighted by atomic mass is 10.2. The molecule has 5 N–H and O–H groups in total. The number of anilines is 2. The zero-order chi connectivity index (χ0) is 23.2. The molecule has 0 aliphatic heterocycles. The van der Waals surface area contributed by atoms with Gasteiger partial charge in [-0.2, -0.15) is 0 Å². The molecule has 1 unspecified atom stereocenters. The highest BCUT2D eigenvalue weighted by atomic mass is 32.2. The molecule has 0 fully saturated rings. The quantitative estimate of drug-likeness (QED) is 0.329. The van der Waals surface area contributed by atoms with Crippen LogP contribution in [0.15, 0.2) is 88.7 Å². The first-order chi connectivity index (χ1) is 15.2. The van der Waals surface area contributed by atoms with E-state index in [2.05, 4.69) is 15.4 Å². The minimum absolute atomic E-state index is 0.0000216. The van der Waals surface area contributed by atoms with E-state index in [1.165, 1.54) is 36.4 Å². The summed E-state index contributed by atoms with van der Waals surface area (Å²) in [5.74, 6) is 0. The largest absolute Gasteiger partial charge is 0.344 e. The molecule has 0 aromatic heterocycles. The topological polar surface area (TPSA) is 140 Å². The average molecular weight is 477 g/mol. The number of nitrogens with one attached hydrogen (secondary N) is 3. The highest BCUT2D eigenvalue weighted by molar-refractivity contribution is 7.89. The number of hydrogen-bond acceptors (Lipinski definition) is 7. The van der Waals surface area contributed by atoms with Crippen LogP contribution in [0, 0.1) is 0 Å². The highest BCUT2D eigenvalue weighted by Gasteiger charge is 2.15. The number of methoxy groups -OCH3 is 1. The Balaban J connectivity index is 1.61. The third-order valence-corrected chi connectivity index (χ3v) is 6.83. The summed E-state index contributed by atoms with van der Waals surface area (Å²) in [4.78, 5) is 0.0532. The Hall–Kier alpha value is -2.96. The van der Waals surface area contributed by atoms with Gasteiger partial charge in [-0.25, -0.2) is 26.7 Å². The van der Waals surface area contributed by atoms with Gasteiger partial charge in [-0.3, -0.25) is 0 Å². The second-order valence-electron chi connectivity index (χ2n) is 6.81. The van der Waals surface area contributed by atoms with Crippen molar-refractivity contribution < 1.29 is 21.6 Å². The summed E-state index contributed by atoms with van der Waals surface area (Å²) in [7, 11) is -6.01. The molecule has 0 aliphatic rings. The smallest absolute Gasteiger partial charge is 0.240 e. The molecule has 9 nitrogen and oxygen atoms in total. The second kappa shape index (κ2) is 10.1. The molecule has 170 valence electrons. The van der Waals surface area contributed by atoms with E-state index in [0.29, 0.717) is 11.3 Å². The van der Waals surface area contributed by atoms with Crippen molar-refractivity contribution in [3.63, 3.8) is 0 Å². The number of ether oxygens (including phenoxy) is 1. The molecule has 0 aliphatic carbocycles. The van der Waals surface area contributed by atoms with Gasteiger partial charge in [0, 0.05) is 25.0 Å². The molecule has 3 aromatic carbocycles. The Labute approximate surface area is 187 Å². The van der Waals surface area contributed by atoms with Gasteiger partial charge in [0.2, 0.25) is 26.4 Å². The number of para-hydroxylation sites is 1. The Morgan fingerprint density at radius 2 is 1.31 bits per heavy atom. The number of nitrogens with two attached hydrogens (primary N) is 1. The summed E-state index contributed by atoms with van der Waals surface area (Å²) < 4.78 is 55.6. The molecular formula is C21H24N4O5S2. The molecular weight excluding hydrogens is 452 g/mol. The van der Waals surface area contributed by atoms with Crippen molar-refractivity contribution in [1.29, 1.82) is 0 Å². The maximum absolute atomic E-state index is 12.6. The van der Waals surface area contributed by atoms with E-state index in [4.69, 9.17) is 9.88 Å². The number of sulfonamides is 2. The minimum atomic E-state index is -3.80. The number of rotatable bonds is 10. The average Bonchev–Trinajstić information content (AvgIpc) is 2.78. The number of primary sulfonamides is 1. The lowest BCUT2D eigenvalue weighted by Crippen LogP contribution is -2.30. The van der Waals surface area contributed by atoms with Crippen LogP contribution in [0.1, 0.15) is 5.56 Å². The molecule has 0 radical (unpaired) electrons. The van der Waals surface area contributed by atoms with Crippen molar-refractivity contribution in [3.8, 4) is 0 Å². The van der Waals surface area contributed by atoms with Crippen molar-refractivity contribution in [3.05, 3.63) is 84.4 Å². The predicted molar refractivity (Wildman–Crippen MR) is 123 cm³/mol. The second-order valence-corrected chi connectivity index (χ2v) is 10.1. The third-order valence-electron chi connectivity index (χ3n) is 4.49. The van der Waals surface area contributed by atoms with E-state index < -0.39 is 26.4 Å². The zero-order valence-electron chi connectivity index (χ0n) is 17.2. The fourth-order valence-corrected chi connectivity index (χ4v) is 4.31. The van der Waals surface area contributed by atoms with Crippen LogP contribution in [-0.4, -0.2) is 30.3 Å². The maximum atomic E-state index is 12.6. The molecule has 3 aromatic rings. The summed E-state index contributed by atoms with van der Waals surface area (Å²) in [6.45, 7) is -0.0000216. The molecule has 0 spiro atoms. The zero-order valence-corrected chi connectivity index (χ0v) is 18.9. The predicted octanol–water partition coefficient (Wildman–Crippen LogP) is 2.27. The number of benzene rings is 3. The van der Waals surface area contributed by atoms with E-state index in [0.717, 1.165) is 5.69 Å². The van der Waals surface area contributed by atoms with E-state index >= 15 is 0 Å². The van der Waals surface area contributed by atoms with Crippen LogP contribution in [0.25, 0.3) is 0 Å². The van der Waals surface area contributed by atoms with Crippen LogP contribution >= 0.6 is 0 Å². The first kappa shape index (κ1) is 23.7. The van der Waals surface area contributed by atoms with E-state index in [1.54, 1.807) is 19.2 Å². The standard InChI is InChI=1S/C21H24N4O5S2/c1-30-21(24-17-5-3-2-4-6-17)25-18-9-13-20(14-10-18)32(28,29)23-15-16-7-11-19(12-8-16)31(22,26)27/h2-14,21,23-25H,15H2,1H3,(H2,22,26,27). The van der Waals surface area contributed by atoms with Crippen molar-refractivity contribution in [1.82, 2.24) is 4.72 Å². The normalized spacial score (nSPS) is 12.8. The van der Waals surface area contributed by atoms with Crippen molar-refractivity contribution in [2.24, 2.45) is 5.14 Å². The summed E-state index contributed by atoms with van der Waals surface area (Å²) in [6, 6.07) is 21.4. The van der Waals surface area contributed by atoms with Gasteiger partial charge in [0.25, 0.3) is 0 Å². The summed E-state index contributed by atoms with van der Waals surface area (Å²) >= 11 is 0. The molecule has 0 saturated heterocycles. The van der Waals surface area contributed by atoms with Crippen molar-refractivity contribution in [2.75, 3.05) is 17.7 Å². The molecule has 1 atom stereocenters. The molecule has 3 rings (SSSR count). The highest BCUT2D eigenvalue weighted by Crippen LogP contribution is 2.17. The van der Waals surface area contributed by atoms with Gasteiger partial charge in [0.05, 0.1) is 9.79 Å². The van der Waals surface area contributed by atoms with E-state index in [-0.39, 0.29) is 16.3 Å². The SMILES string of the molecule is COC(Nc1ccccc1)Nc1ccc(S(=O)(=O)NCc2ccc(S(N)(=O)=O)cc2)cc1. The monoisotopic (exact) mass is 476 g/mol. The Bertz CT molecular complexity index is 1230. The summed E-state index contributed by atoms with van der Waals surface area (Å²) in [5, 5.41) is 11.3. The fourth-order valence-electron chi connectivity index (χ4n) is 2.78. The van der Waals surface area contributed by atoms with E-state index in [1.807, 2.05) is 30.3 Å². The first-order valence-corrected chi connectivity index (χ1v) is 12.5. The molecule has 0 heterocycles. The van der Waals surface area contributed by atoms with Gasteiger partial charge >= 0.3 is 0 Å². The lowest BCUT2D eigenvalue weighted by Gasteiger charge is -2.20. The van der Waals surface area contributed by atoms with Gasteiger partial charge < -0.3 is 15.4 Å². The van der Waals surface area contributed by atoms with Gasteiger partial charge in [-0.1, -0.05) is 30.3 Å². The lowest BCUT2D eigenvalue weighted by molar-refractivity contribution is 0.148. The summed E-state index contributed by atoms with van der Waals surface area (Å²) in [6.07, 6.45) is -0.515. The molecule has 0 saturated carbocycles. The van der Waals surface area contributed by atoms with Gasteiger partial charge in [-0.05, 0) is 54.1 Å². The van der Waals surface area contributed by atoms with Gasteiger partial charge in [0.15, 0.2) is 0 Å². The van der Waals surface area contributed by atoms with Crippen LogP contribution in [0.4, 0.5) is 11.4 Å². The van der Waals surface area contributed by atoms with Crippen LogP contribution in [0.2, 0.25) is 0 Å². The first-order valence-electron chi connectivity index (χ1n) is 9.50. The molecule has 0 amide bonds. The Morgan fingerprint density at radius 1 is 0.781 bits per heavy atom. The number of hydrogen-bond donors (Lipinski definition) is 4. The van der Waals surface area contributed by atoms with E-state index in [9.17, 15) is 16.8 Å². The van der Waals surface area contributed by atoms with Crippen LogP contribution in [0.3, 0.4) is 0 Å². The van der Waals surface area contributed by atoms with Crippen LogP contribution in [-0.2, 0) is 31.3 Å². The molecule has 11 heteroatoms. The summed E-state index contributed by atoms with van der Waals surface area (Å²) in [5.41, 5.74) is 2.12.